The Morgan fingerprint density at radius 2 is 1.43 bits per heavy atom. The fourth-order valence-electron chi connectivity index (χ4n) is 10.3. The highest BCUT2D eigenvalue weighted by atomic mass is 35.5. The van der Waals surface area contributed by atoms with Gasteiger partial charge in [-0.15, -0.1) is 11.8 Å². The van der Waals surface area contributed by atoms with Gasteiger partial charge in [0.1, 0.15) is 10.7 Å². The summed E-state index contributed by atoms with van der Waals surface area (Å²) >= 11 is 7.65. The molecule has 16 nitrogen and oxygen atoms in total. The molecule has 5 aromatic carbocycles. The highest BCUT2D eigenvalue weighted by molar-refractivity contribution is 7.99. The summed E-state index contributed by atoms with van der Waals surface area (Å²) in [7, 11) is -18.8. The molecule has 8 rings (SSSR count). The first-order chi connectivity index (χ1) is 38.1. The maximum Gasteiger partial charge on any atom is 0.501 e. The first-order valence-electron chi connectivity index (χ1n) is 26.0. The van der Waals surface area contributed by atoms with Crippen molar-refractivity contribution in [2.45, 2.75) is 83.3 Å². The molecule has 0 amide bonds. The van der Waals surface area contributed by atoms with Crippen LogP contribution in [0, 0.1) is 12.7 Å². The van der Waals surface area contributed by atoms with Gasteiger partial charge in [-0.25, -0.2) is 29.6 Å². The summed E-state index contributed by atoms with van der Waals surface area (Å²) < 4.78 is 162. The molecule has 0 bridgehead atoms. The average molecular weight is 1240 g/mol. The van der Waals surface area contributed by atoms with Crippen LogP contribution in [0.15, 0.2) is 135 Å². The van der Waals surface area contributed by atoms with Crippen molar-refractivity contribution in [2.75, 3.05) is 90.4 Å². The molecule has 3 heterocycles. The third-order valence-corrected chi connectivity index (χ3v) is 20.5. The van der Waals surface area contributed by atoms with Crippen molar-refractivity contribution in [1.29, 1.82) is 0 Å². The molecule has 1 atom stereocenters. The van der Waals surface area contributed by atoms with Gasteiger partial charge in [-0.1, -0.05) is 41.9 Å². The largest absolute Gasteiger partial charge is 0.501 e. The molecule has 0 saturated carbocycles. The molecule has 26 heteroatoms. The molecule has 0 unspecified atom stereocenters. The first kappa shape index (κ1) is 61.9. The van der Waals surface area contributed by atoms with Crippen molar-refractivity contribution in [3.05, 3.63) is 132 Å². The number of aromatic nitrogens is 1. The van der Waals surface area contributed by atoms with Gasteiger partial charge in [-0.2, -0.15) is 13.2 Å². The highest BCUT2D eigenvalue weighted by Crippen LogP contribution is 2.45. The number of nitrogens with zero attached hydrogens (tertiary/aromatic N) is 4. The fraction of sp³-hybridized carbons (Fsp3) is 0.382. The third-order valence-electron chi connectivity index (χ3n) is 14.2. The molecule has 438 valence electrons. The zero-order valence-corrected chi connectivity index (χ0v) is 49.7. The predicted molar refractivity (Wildman–Crippen MR) is 311 cm³/mol. The van der Waals surface area contributed by atoms with E-state index in [1.54, 1.807) is 49.4 Å². The van der Waals surface area contributed by atoms with E-state index in [2.05, 4.69) is 14.9 Å². The Kier molecular flexibility index (Phi) is 19.4. The standard InChI is InChI=1S/C55H64ClF4N6O10PS4/c1-37(2)66-38(3)54(79(4,70)71)52(53(66)39-10-12-41(56)13-11-39)40-32-42(57)34-46(33-40)65-28-26-64(27-29-65)45-16-14-43(15-17-45)62-81(74,75)49-18-19-50(51(35-49)80(72,73)55(58,59)60)61-44(36-78-48-8-6-5-7-9-48)20-23-63-24-21-47(22-25-63)76-30-31-77(67,68)69/h5-19,32-35,37,44,47,61-62H,20-31,36H2,1-4H3,(H2,67,68,69)/t44-/m1/s1. The van der Waals surface area contributed by atoms with Crippen LogP contribution in [-0.2, 0) is 39.0 Å². The van der Waals surface area contributed by atoms with Crippen LogP contribution in [0.25, 0.3) is 22.4 Å². The van der Waals surface area contributed by atoms with E-state index in [0.29, 0.717) is 121 Å². The molecule has 0 spiro atoms. The van der Waals surface area contributed by atoms with E-state index in [0.717, 1.165) is 23.3 Å². The number of likely N-dealkylation sites (tertiary alicyclic amines) is 1. The molecule has 0 aliphatic carbocycles. The minimum atomic E-state index is -6.10. The van der Waals surface area contributed by atoms with E-state index >= 15 is 4.39 Å². The highest BCUT2D eigenvalue weighted by Gasteiger charge is 2.48. The van der Waals surface area contributed by atoms with Gasteiger partial charge in [0.15, 0.2) is 9.84 Å². The number of hydrogen-bond donors (Lipinski definition) is 4. The topological polar surface area (TPSA) is 208 Å². The predicted octanol–water partition coefficient (Wildman–Crippen LogP) is 10.9. The summed E-state index contributed by atoms with van der Waals surface area (Å²) in [5.41, 5.74) is -2.30. The number of halogens is 5. The lowest BCUT2D eigenvalue weighted by Crippen LogP contribution is -2.46. The third kappa shape index (κ3) is 15.4. The minimum absolute atomic E-state index is 0.0507. The Labute approximate surface area is 479 Å². The number of nitrogens with one attached hydrogen (secondary N) is 2. The smallest absolute Gasteiger partial charge is 0.380 e. The van der Waals surface area contributed by atoms with Gasteiger partial charge in [-0.05, 0) is 136 Å². The van der Waals surface area contributed by atoms with Crippen LogP contribution < -0.4 is 19.8 Å². The summed E-state index contributed by atoms with van der Waals surface area (Å²) in [6, 6.07) is 28.9. The van der Waals surface area contributed by atoms with Crippen LogP contribution in [0.5, 0.6) is 0 Å². The number of rotatable bonds is 22. The zero-order chi connectivity index (χ0) is 58.7. The molecule has 4 N–H and O–H groups in total. The van der Waals surface area contributed by atoms with Crippen molar-refractivity contribution in [1.82, 2.24) is 9.47 Å². The van der Waals surface area contributed by atoms with E-state index in [-0.39, 0.29) is 35.5 Å². The van der Waals surface area contributed by atoms with Crippen molar-refractivity contribution >= 4 is 83.4 Å². The minimum Gasteiger partial charge on any atom is -0.380 e. The van der Waals surface area contributed by atoms with E-state index in [4.69, 9.17) is 26.1 Å². The average Bonchev–Trinajstić information content (AvgIpc) is 3.50. The lowest BCUT2D eigenvalue weighted by Gasteiger charge is -2.37. The van der Waals surface area contributed by atoms with Gasteiger partial charge in [0.25, 0.3) is 19.9 Å². The van der Waals surface area contributed by atoms with Gasteiger partial charge in [0.05, 0.1) is 40.0 Å². The van der Waals surface area contributed by atoms with E-state index in [1.165, 1.54) is 36.0 Å². The van der Waals surface area contributed by atoms with Crippen molar-refractivity contribution in [3.8, 4) is 22.4 Å². The maximum absolute atomic E-state index is 15.8. The van der Waals surface area contributed by atoms with E-state index < -0.39 is 70.1 Å². The lowest BCUT2D eigenvalue weighted by molar-refractivity contribution is -0.0436. The maximum atomic E-state index is 15.8. The number of hydrogen-bond acceptors (Lipinski definition) is 13. The molecule has 81 heavy (non-hydrogen) atoms. The lowest BCUT2D eigenvalue weighted by atomic mass is 9.99. The normalized spacial score (nSPS) is 15.8. The van der Waals surface area contributed by atoms with Gasteiger partial charge >= 0.3 is 13.1 Å². The summed E-state index contributed by atoms with van der Waals surface area (Å²) in [6.45, 7) is 8.92. The molecule has 1 aromatic heterocycles. The second kappa shape index (κ2) is 25.4. The number of alkyl halides is 3. The van der Waals surface area contributed by atoms with Crippen LogP contribution in [0.1, 0.15) is 44.8 Å². The quantitative estimate of drug-likeness (QED) is 0.0283. The molecule has 2 fully saturated rings. The van der Waals surface area contributed by atoms with Gasteiger partial charge in [-0.3, -0.25) is 9.29 Å². The van der Waals surface area contributed by atoms with Crippen molar-refractivity contribution in [2.24, 2.45) is 0 Å². The van der Waals surface area contributed by atoms with Crippen LogP contribution in [0.3, 0.4) is 0 Å². The SMILES string of the molecule is Cc1c(S(C)(=O)=O)c(-c2cc(F)cc(N3CCN(c4ccc(NS(=O)(=O)c5ccc(N[C@H](CCN6CCC(OCCP(=O)(O)O)CC6)CSc6ccccc6)c(S(=O)(=O)C(F)(F)F)c5)cc4)CC3)c2)c(-c2ccc(Cl)cc2)n1C(C)C. The molecular formula is C55H64ClF4N6O10PS4. The molecule has 6 aromatic rings. The van der Waals surface area contributed by atoms with Crippen LogP contribution in [0.4, 0.5) is 40.3 Å². The molecule has 2 aliphatic rings. The Morgan fingerprint density at radius 1 is 0.802 bits per heavy atom. The first-order valence-corrected chi connectivity index (χ1v) is 34.0. The van der Waals surface area contributed by atoms with Crippen molar-refractivity contribution < 1.29 is 61.9 Å². The number of piperidine rings is 1. The van der Waals surface area contributed by atoms with Gasteiger partial charge in [0.2, 0.25) is 0 Å². The number of sulfone groups is 2. The number of ether oxygens (including phenoxy) is 1. The Bertz CT molecular complexity index is 3580. The molecule has 2 saturated heterocycles. The molecular weight excluding hydrogens is 1180 g/mol. The number of sulfonamides is 1. The van der Waals surface area contributed by atoms with Crippen molar-refractivity contribution in [3.63, 3.8) is 0 Å². The summed E-state index contributed by atoms with van der Waals surface area (Å²) in [6.07, 6.45) is 2.08. The number of piperazine rings is 1. The zero-order valence-electron chi connectivity index (χ0n) is 44.8. The van der Waals surface area contributed by atoms with Crippen LogP contribution >= 0.6 is 31.0 Å². The number of anilines is 4. The fourth-order valence-corrected chi connectivity index (χ4v) is 15.1. The van der Waals surface area contributed by atoms with E-state index in [1.807, 2.05) is 58.5 Å². The second-order valence-corrected chi connectivity index (χ2v) is 29.2. The Hall–Kier alpha value is -5.14. The van der Waals surface area contributed by atoms with Crippen LogP contribution in [-0.4, -0.2) is 133 Å². The van der Waals surface area contributed by atoms with Gasteiger partial charge < -0.3 is 39.1 Å². The summed E-state index contributed by atoms with van der Waals surface area (Å²) in [5.74, 6) is -0.256. The summed E-state index contributed by atoms with van der Waals surface area (Å²) in [4.78, 5) is 23.5. The summed E-state index contributed by atoms with van der Waals surface area (Å²) in [5, 5.41) is 3.51. The number of benzene rings is 5. The van der Waals surface area contributed by atoms with E-state index in [9.17, 15) is 43.0 Å². The molecule has 0 radical (unpaired) electrons. The number of thioether (sulfide) groups is 1. The second-order valence-electron chi connectivity index (χ2n) is 20.4. The Balaban J connectivity index is 0.964. The Morgan fingerprint density at radius 3 is 2.02 bits per heavy atom. The molecule has 2 aliphatic heterocycles. The van der Waals surface area contributed by atoms with Gasteiger partial charge in [0, 0.05) is 108 Å². The monoisotopic (exact) mass is 1240 g/mol. The van der Waals surface area contributed by atoms with Crippen LogP contribution in [0.2, 0.25) is 5.02 Å².